The van der Waals surface area contributed by atoms with Crippen LogP contribution < -0.4 is 0 Å². The molecular weight excluding hydrogens is 633 g/mol. The molecule has 0 aliphatic carbocycles. The number of hydrogen-bond donors (Lipinski definition) is 0. The molecule has 0 heterocycles. The third-order valence-electron chi connectivity index (χ3n) is 3.85. The lowest BCUT2D eigenvalue weighted by Gasteiger charge is -2.18. The average molecular weight is 672 g/mol. The fraction of sp³-hybridized carbons (Fsp3) is 0.714. The third kappa shape index (κ3) is 16.4. The Morgan fingerprint density at radius 3 is 0.762 bits per heavy atom. The van der Waals surface area contributed by atoms with Crippen LogP contribution >= 0.6 is 23.5 Å². The fourth-order valence-corrected chi connectivity index (χ4v) is 5.08. The molecule has 0 aromatic heterocycles. The summed E-state index contributed by atoms with van der Waals surface area (Å²) in [6.45, 7) is 8.63. The van der Waals surface area contributed by atoms with Crippen molar-refractivity contribution >= 4 is 23.5 Å². The minimum Gasteiger partial charge on any atom is -0.279 e. The molecule has 1 aromatic rings. The molecule has 0 bridgehead atoms. The van der Waals surface area contributed by atoms with Gasteiger partial charge in [-0.15, -0.1) is 28.0 Å². The molecule has 0 N–H and O–H groups in total. The van der Waals surface area contributed by atoms with E-state index in [4.69, 9.17) is 70.9 Å². The molecule has 18 nitrogen and oxygen atoms in total. The Hall–Kier alpha value is -0.690. The van der Waals surface area contributed by atoms with Crippen LogP contribution in [0, 0.1) is 0 Å². The van der Waals surface area contributed by atoms with Gasteiger partial charge in [-0.1, -0.05) is 18.2 Å². The lowest BCUT2D eigenvalue weighted by molar-refractivity contribution is -0.279. The molecule has 0 atom stereocenters. The second-order valence-corrected chi connectivity index (χ2v) is 11.6. The van der Waals surface area contributed by atoms with E-state index in [2.05, 4.69) is 0 Å². The SMILES string of the molecule is CCOOP(=O)(OCc1cc(COP(=O)(OOCC)OOCC)cc(COP(=O)(OOCC)OOCC)c1)OOCC. The predicted octanol–water partition coefficient (Wildman–Crippen LogP) is 6.37. The standard InChI is InChI=1S/C21H39O18P3/c1-7-25-34-40(22,35-26-8-2)31-16-19-13-20(17-32-41(23,36-27-9-3)37-28-10-4)15-21(14-19)18-33-42(24,38-29-11-5)39-30-12-6/h13-15H,7-12,16-18H2,1-6H3. The lowest BCUT2D eigenvalue weighted by Crippen LogP contribution is -2.06. The number of hydrogen-bond acceptors (Lipinski definition) is 18. The van der Waals surface area contributed by atoms with Crippen molar-refractivity contribution in [3.8, 4) is 0 Å². The van der Waals surface area contributed by atoms with E-state index in [1.165, 1.54) is 18.2 Å². The molecule has 1 rings (SSSR count). The molecule has 21 heteroatoms. The zero-order valence-corrected chi connectivity index (χ0v) is 27.0. The van der Waals surface area contributed by atoms with Crippen molar-refractivity contribution in [3.05, 3.63) is 34.9 Å². The zero-order valence-electron chi connectivity index (χ0n) is 24.3. The maximum absolute atomic E-state index is 12.8. The molecule has 42 heavy (non-hydrogen) atoms. The van der Waals surface area contributed by atoms with Gasteiger partial charge in [0.15, 0.2) is 0 Å². The second-order valence-electron chi connectivity index (χ2n) is 7.21. The van der Waals surface area contributed by atoms with Gasteiger partial charge in [-0.3, -0.25) is 13.6 Å². The van der Waals surface area contributed by atoms with E-state index in [1.54, 1.807) is 41.5 Å². The van der Waals surface area contributed by atoms with Gasteiger partial charge in [0.25, 0.3) is 0 Å². The van der Waals surface area contributed by atoms with E-state index in [0.717, 1.165) is 0 Å². The summed E-state index contributed by atoms with van der Waals surface area (Å²) >= 11 is 0. The van der Waals surface area contributed by atoms with Gasteiger partial charge >= 0.3 is 23.5 Å². The molecule has 0 radical (unpaired) electrons. The van der Waals surface area contributed by atoms with Crippen LogP contribution in [0.15, 0.2) is 18.2 Å². The Labute approximate surface area is 244 Å². The van der Waals surface area contributed by atoms with Crippen LogP contribution in [0.25, 0.3) is 0 Å². The summed E-state index contributed by atoms with van der Waals surface area (Å²) in [6, 6.07) is 4.57. The van der Waals surface area contributed by atoms with Gasteiger partial charge in [0.2, 0.25) is 0 Å². The van der Waals surface area contributed by atoms with Gasteiger partial charge in [-0.05, 0) is 58.2 Å². The summed E-state index contributed by atoms with van der Waals surface area (Å²) in [5.74, 6) is 0. The molecule has 0 aliphatic heterocycles. The maximum Gasteiger partial charge on any atom is 0.529 e. The molecular formula is C21H39O18P3. The molecule has 0 fully saturated rings. The topological polar surface area (TPSA) is 190 Å². The first kappa shape index (κ1) is 39.3. The van der Waals surface area contributed by atoms with Crippen LogP contribution in [-0.2, 0) is 104 Å². The van der Waals surface area contributed by atoms with Crippen molar-refractivity contribution in [2.75, 3.05) is 39.6 Å². The van der Waals surface area contributed by atoms with Gasteiger partial charge in [0.1, 0.15) is 0 Å². The van der Waals surface area contributed by atoms with Crippen LogP contribution in [0.3, 0.4) is 0 Å². The van der Waals surface area contributed by atoms with E-state index >= 15 is 0 Å². The van der Waals surface area contributed by atoms with Crippen molar-refractivity contribution in [1.82, 2.24) is 0 Å². The van der Waals surface area contributed by atoms with Gasteiger partial charge < -0.3 is 0 Å². The summed E-state index contributed by atoms with van der Waals surface area (Å²) < 4.78 is 82.9. The Balaban J connectivity index is 3.25. The Kier molecular flexibility index (Phi) is 20.5. The van der Waals surface area contributed by atoms with Gasteiger partial charge in [-0.25, -0.2) is 43.0 Å². The summed E-state index contributed by atoms with van der Waals surface area (Å²) in [4.78, 5) is 28.3. The van der Waals surface area contributed by atoms with E-state index in [1.807, 2.05) is 0 Å². The fourth-order valence-electron chi connectivity index (χ4n) is 2.42. The first-order valence-corrected chi connectivity index (χ1v) is 17.2. The molecule has 0 unspecified atom stereocenters. The van der Waals surface area contributed by atoms with Gasteiger partial charge in [-0.2, -0.15) is 0 Å². The van der Waals surface area contributed by atoms with Crippen LogP contribution in [-0.4, -0.2) is 39.6 Å². The second kappa shape index (κ2) is 21.9. The highest BCUT2D eigenvalue weighted by Crippen LogP contribution is 2.53. The molecule has 0 saturated heterocycles. The van der Waals surface area contributed by atoms with Crippen LogP contribution in [0.4, 0.5) is 0 Å². The van der Waals surface area contributed by atoms with Crippen molar-refractivity contribution in [1.29, 1.82) is 0 Å². The van der Waals surface area contributed by atoms with E-state index in [9.17, 15) is 13.7 Å². The highest BCUT2D eigenvalue weighted by Gasteiger charge is 2.33. The Morgan fingerprint density at radius 2 is 0.595 bits per heavy atom. The Morgan fingerprint density at radius 1 is 0.405 bits per heavy atom. The summed E-state index contributed by atoms with van der Waals surface area (Å²) in [5, 5.41) is 0. The predicted molar refractivity (Wildman–Crippen MR) is 140 cm³/mol. The van der Waals surface area contributed by atoms with Gasteiger partial charge in [0, 0.05) is 0 Å². The number of phosphoric acid groups is 3. The van der Waals surface area contributed by atoms with E-state index in [0.29, 0.717) is 16.7 Å². The minimum absolute atomic E-state index is 0.0402. The molecule has 0 amide bonds. The first-order valence-electron chi connectivity index (χ1n) is 12.8. The van der Waals surface area contributed by atoms with Crippen LogP contribution in [0.5, 0.6) is 0 Å². The Bertz CT molecular complexity index is 839. The van der Waals surface area contributed by atoms with Crippen molar-refractivity contribution < 1.29 is 84.6 Å². The third-order valence-corrected chi connectivity index (χ3v) is 6.92. The summed E-state index contributed by atoms with van der Waals surface area (Å²) in [7, 11) is -13.0. The largest absolute Gasteiger partial charge is 0.529 e. The normalized spacial score (nSPS) is 12.7. The maximum atomic E-state index is 12.8. The van der Waals surface area contributed by atoms with Crippen molar-refractivity contribution in [2.24, 2.45) is 0 Å². The highest BCUT2D eigenvalue weighted by molar-refractivity contribution is 7.48. The molecule has 0 spiro atoms. The van der Waals surface area contributed by atoms with E-state index in [-0.39, 0.29) is 59.5 Å². The van der Waals surface area contributed by atoms with Gasteiger partial charge in [0.05, 0.1) is 59.5 Å². The first-order chi connectivity index (χ1) is 20.1. The van der Waals surface area contributed by atoms with Crippen LogP contribution in [0.1, 0.15) is 58.2 Å². The van der Waals surface area contributed by atoms with E-state index < -0.39 is 23.5 Å². The quantitative estimate of drug-likeness (QED) is 0.0568. The number of benzene rings is 1. The minimum atomic E-state index is -4.32. The smallest absolute Gasteiger partial charge is 0.279 e. The molecule has 0 saturated carbocycles. The lowest BCUT2D eigenvalue weighted by atomic mass is 10.1. The average Bonchev–Trinajstić information content (AvgIpc) is 3.00. The number of rotatable bonds is 27. The monoisotopic (exact) mass is 672 g/mol. The molecule has 0 aliphatic rings. The summed E-state index contributed by atoms with van der Waals surface area (Å²) in [5.41, 5.74) is 1.02. The van der Waals surface area contributed by atoms with Crippen LogP contribution in [0.2, 0.25) is 0 Å². The highest BCUT2D eigenvalue weighted by atomic mass is 31.2. The van der Waals surface area contributed by atoms with Crippen molar-refractivity contribution in [2.45, 2.75) is 61.4 Å². The molecule has 1 aromatic carbocycles. The molecule has 246 valence electrons. The zero-order chi connectivity index (χ0) is 31.3. The summed E-state index contributed by atoms with van der Waals surface area (Å²) in [6.07, 6.45) is 0. The van der Waals surface area contributed by atoms with Crippen molar-refractivity contribution in [3.63, 3.8) is 0 Å².